The molecule has 72 valence electrons. The van der Waals surface area contributed by atoms with Crippen molar-refractivity contribution >= 4 is 15.9 Å². The molecule has 4 heteroatoms. The lowest BCUT2D eigenvalue weighted by molar-refractivity contribution is -0.537. The molecule has 0 aromatic rings. The van der Waals surface area contributed by atoms with E-state index in [-0.39, 0.29) is 4.92 Å². The Labute approximate surface area is 81.8 Å². The van der Waals surface area contributed by atoms with Crippen molar-refractivity contribution < 1.29 is 4.92 Å². The number of hydrogen-bond donors (Lipinski definition) is 0. The van der Waals surface area contributed by atoms with E-state index in [1.165, 1.54) is 0 Å². The predicted octanol–water partition coefficient (Wildman–Crippen LogP) is 3.34. The Morgan fingerprint density at radius 2 is 1.92 bits per heavy atom. The van der Waals surface area contributed by atoms with Gasteiger partial charge in [-0.2, -0.15) is 0 Å². The number of halogens is 1. The van der Waals surface area contributed by atoms with E-state index in [9.17, 15) is 10.1 Å². The minimum Gasteiger partial charge on any atom is -0.263 e. The van der Waals surface area contributed by atoms with Crippen LogP contribution in [-0.2, 0) is 0 Å². The molecule has 0 fully saturated rings. The molecule has 12 heavy (non-hydrogen) atoms. The van der Waals surface area contributed by atoms with Crippen LogP contribution in [0.25, 0.3) is 0 Å². The SMILES string of the molecule is CCCCC(Br)(CCC)[N+](=O)[O-]. The van der Waals surface area contributed by atoms with Crippen LogP contribution < -0.4 is 0 Å². The molecule has 0 saturated heterocycles. The van der Waals surface area contributed by atoms with Crippen molar-refractivity contribution in [1.29, 1.82) is 0 Å². The molecule has 0 amide bonds. The van der Waals surface area contributed by atoms with Gasteiger partial charge >= 0.3 is 0 Å². The minimum absolute atomic E-state index is 0.202. The number of alkyl halides is 1. The monoisotopic (exact) mass is 237 g/mol. The van der Waals surface area contributed by atoms with Crippen molar-refractivity contribution in [1.82, 2.24) is 0 Å². The lowest BCUT2D eigenvalue weighted by Gasteiger charge is -2.17. The first-order valence-corrected chi connectivity index (χ1v) is 5.19. The van der Waals surface area contributed by atoms with Crippen LogP contribution in [0.3, 0.4) is 0 Å². The van der Waals surface area contributed by atoms with Crippen LogP contribution in [0.1, 0.15) is 46.0 Å². The normalized spacial score (nSPS) is 15.6. The maximum absolute atomic E-state index is 10.7. The van der Waals surface area contributed by atoms with Gasteiger partial charge in [0.1, 0.15) is 0 Å². The third-order valence-electron chi connectivity index (χ3n) is 1.87. The van der Waals surface area contributed by atoms with Gasteiger partial charge in [0.15, 0.2) is 0 Å². The van der Waals surface area contributed by atoms with Gasteiger partial charge in [-0.05, 0) is 12.8 Å². The second kappa shape index (κ2) is 5.51. The molecule has 0 aromatic heterocycles. The summed E-state index contributed by atoms with van der Waals surface area (Å²) in [4.78, 5) is 10.5. The van der Waals surface area contributed by atoms with Crippen LogP contribution in [0, 0.1) is 10.1 Å². The van der Waals surface area contributed by atoms with Gasteiger partial charge in [-0.15, -0.1) is 0 Å². The molecule has 0 saturated carbocycles. The highest BCUT2D eigenvalue weighted by Gasteiger charge is 2.37. The topological polar surface area (TPSA) is 43.1 Å². The summed E-state index contributed by atoms with van der Waals surface area (Å²) in [6.45, 7) is 4.00. The first kappa shape index (κ1) is 11.9. The molecule has 0 aromatic carbocycles. The lowest BCUT2D eigenvalue weighted by atomic mass is 10.1. The van der Waals surface area contributed by atoms with E-state index >= 15 is 0 Å². The highest BCUT2D eigenvalue weighted by Crippen LogP contribution is 2.30. The molecule has 0 rings (SSSR count). The zero-order valence-corrected chi connectivity index (χ0v) is 9.26. The van der Waals surface area contributed by atoms with Crippen molar-refractivity contribution in [2.24, 2.45) is 0 Å². The average molecular weight is 238 g/mol. The zero-order valence-electron chi connectivity index (χ0n) is 7.68. The molecule has 0 aliphatic carbocycles. The Balaban J connectivity index is 4.08. The molecule has 0 spiro atoms. The smallest absolute Gasteiger partial charge is 0.263 e. The number of hydrogen-bond acceptors (Lipinski definition) is 2. The Kier molecular flexibility index (Phi) is 5.46. The summed E-state index contributed by atoms with van der Waals surface area (Å²) >= 11 is 3.21. The number of nitro groups is 1. The summed E-state index contributed by atoms with van der Waals surface area (Å²) in [5.74, 6) is 0. The Morgan fingerprint density at radius 3 is 2.25 bits per heavy atom. The third-order valence-corrected chi connectivity index (χ3v) is 2.96. The molecule has 1 unspecified atom stereocenters. The fourth-order valence-electron chi connectivity index (χ4n) is 1.14. The second-order valence-electron chi connectivity index (χ2n) is 3.03. The maximum Gasteiger partial charge on any atom is 0.274 e. The van der Waals surface area contributed by atoms with E-state index in [2.05, 4.69) is 15.9 Å². The van der Waals surface area contributed by atoms with E-state index in [1.807, 2.05) is 13.8 Å². The molecule has 0 bridgehead atoms. The molecule has 0 N–H and O–H groups in total. The van der Waals surface area contributed by atoms with Crippen LogP contribution in [0.5, 0.6) is 0 Å². The van der Waals surface area contributed by atoms with E-state index in [1.54, 1.807) is 0 Å². The maximum atomic E-state index is 10.7. The average Bonchev–Trinajstić information content (AvgIpc) is 2.01. The van der Waals surface area contributed by atoms with Crippen molar-refractivity contribution in [3.05, 3.63) is 10.1 Å². The van der Waals surface area contributed by atoms with Crippen LogP contribution >= 0.6 is 15.9 Å². The van der Waals surface area contributed by atoms with E-state index in [4.69, 9.17) is 0 Å². The summed E-state index contributed by atoms with van der Waals surface area (Å²) in [5, 5.41) is 10.7. The Hall–Kier alpha value is -0.120. The van der Waals surface area contributed by atoms with Gasteiger partial charge in [-0.1, -0.05) is 20.3 Å². The van der Waals surface area contributed by atoms with E-state index in [0.29, 0.717) is 12.8 Å². The highest BCUT2D eigenvalue weighted by atomic mass is 79.9. The molecule has 0 heterocycles. The number of unbranched alkanes of at least 4 members (excludes halogenated alkanes) is 1. The molecular formula is C8H16BrNO2. The highest BCUT2D eigenvalue weighted by molar-refractivity contribution is 9.10. The van der Waals surface area contributed by atoms with Gasteiger partial charge in [0, 0.05) is 33.7 Å². The molecule has 0 aliphatic rings. The van der Waals surface area contributed by atoms with Gasteiger partial charge in [0.2, 0.25) is 0 Å². The number of rotatable bonds is 6. The Morgan fingerprint density at radius 1 is 1.33 bits per heavy atom. The Bertz CT molecular complexity index is 152. The summed E-state index contributed by atoms with van der Waals surface area (Å²) in [6, 6.07) is 0. The summed E-state index contributed by atoms with van der Waals surface area (Å²) in [5.41, 5.74) is 0. The predicted molar refractivity (Wildman–Crippen MR) is 53.1 cm³/mol. The largest absolute Gasteiger partial charge is 0.274 e. The van der Waals surface area contributed by atoms with Crippen molar-refractivity contribution in [3.63, 3.8) is 0 Å². The summed E-state index contributed by atoms with van der Waals surface area (Å²) in [7, 11) is 0. The lowest BCUT2D eigenvalue weighted by Crippen LogP contribution is -2.30. The van der Waals surface area contributed by atoms with Crippen LogP contribution in [0.2, 0.25) is 0 Å². The molecule has 0 radical (unpaired) electrons. The zero-order chi connectivity index (χ0) is 9.61. The molecular weight excluding hydrogens is 222 g/mol. The molecule has 0 aliphatic heterocycles. The standard InChI is InChI=1S/C8H16BrNO2/c1-3-5-7-8(9,6-4-2)10(11)12/h3-7H2,1-2H3. The van der Waals surface area contributed by atoms with E-state index < -0.39 is 4.45 Å². The first-order valence-electron chi connectivity index (χ1n) is 4.40. The molecule has 3 nitrogen and oxygen atoms in total. The number of nitrogens with zero attached hydrogens (tertiary/aromatic N) is 1. The molecule has 1 atom stereocenters. The van der Waals surface area contributed by atoms with Gasteiger partial charge in [-0.25, -0.2) is 0 Å². The van der Waals surface area contributed by atoms with Crippen molar-refractivity contribution in [2.45, 2.75) is 50.4 Å². The fraction of sp³-hybridized carbons (Fsp3) is 1.00. The van der Waals surface area contributed by atoms with Crippen molar-refractivity contribution in [2.75, 3.05) is 0 Å². The van der Waals surface area contributed by atoms with Crippen LogP contribution in [-0.4, -0.2) is 9.37 Å². The van der Waals surface area contributed by atoms with Gasteiger partial charge < -0.3 is 0 Å². The minimum atomic E-state index is -0.863. The van der Waals surface area contributed by atoms with Crippen molar-refractivity contribution in [3.8, 4) is 0 Å². The fourth-order valence-corrected chi connectivity index (χ4v) is 1.82. The third kappa shape index (κ3) is 3.52. The van der Waals surface area contributed by atoms with Crippen LogP contribution in [0.15, 0.2) is 0 Å². The van der Waals surface area contributed by atoms with E-state index in [0.717, 1.165) is 19.3 Å². The van der Waals surface area contributed by atoms with Crippen LogP contribution in [0.4, 0.5) is 0 Å². The first-order chi connectivity index (χ1) is 5.56. The summed E-state index contributed by atoms with van der Waals surface area (Å²) < 4.78 is -0.863. The summed E-state index contributed by atoms with van der Waals surface area (Å²) in [6.07, 6.45) is 4.00. The van der Waals surface area contributed by atoms with Gasteiger partial charge in [-0.3, -0.25) is 10.1 Å². The second-order valence-corrected chi connectivity index (χ2v) is 4.50. The van der Waals surface area contributed by atoms with Gasteiger partial charge in [0.05, 0.1) is 0 Å². The quantitative estimate of drug-likeness (QED) is 0.308. The van der Waals surface area contributed by atoms with Gasteiger partial charge in [0.25, 0.3) is 4.45 Å².